The number of hydrogen-bond donors (Lipinski definition) is 0. The van der Waals surface area contributed by atoms with Gasteiger partial charge in [0.15, 0.2) is 0 Å². The number of carbonyl (C=O) groups excluding carboxylic acids is 2. The Bertz CT molecular complexity index is 743. The van der Waals surface area contributed by atoms with E-state index in [-0.39, 0.29) is 23.4 Å². The molecule has 1 aromatic carbocycles. The number of nitro benzene ring substituents is 1. The summed E-state index contributed by atoms with van der Waals surface area (Å²) in [4.78, 5) is 38.3. The lowest BCUT2D eigenvalue weighted by Crippen LogP contribution is -2.55. The first-order valence-corrected chi connectivity index (χ1v) is 8.65. The predicted octanol–water partition coefficient (Wildman–Crippen LogP) is 2.83. The van der Waals surface area contributed by atoms with Gasteiger partial charge in [-0.2, -0.15) is 0 Å². The van der Waals surface area contributed by atoms with Gasteiger partial charge in [0, 0.05) is 37.4 Å². The molecule has 9 heteroatoms. The van der Waals surface area contributed by atoms with E-state index in [1.54, 1.807) is 11.0 Å². The van der Waals surface area contributed by atoms with Crippen LogP contribution in [-0.4, -0.2) is 60.3 Å². The average molecular weight is 379 g/mol. The third-order valence-electron chi connectivity index (χ3n) is 4.20. The molecule has 2 rings (SSSR count). The average Bonchev–Trinajstić information content (AvgIpc) is 2.58. The highest BCUT2D eigenvalue weighted by atomic mass is 16.6. The van der Waals surface area contributed by atoms with Gasteiger partial charge in [0.2, 0.25) is 0 Å². The summed E-state index contributed by atoms with van der Waals surface area (Å²) in [6.07, 6.45) is -0.373. The summed E-state index contributed by atoms with van der Waals surface area (Å²) in [5.41, 5.74) is -0.351. The molecular formula is C18H25N3O6. The molecule has 9 nitrogen and oxygen atoms in total. The fourth-order valence-electron chi connectivity index (χ4n) is 2.93. The summed E-state index contributed by atoms with van der Waals surface area (Å²) >= 11 is 0. The number of rotatable bonds is 3. The van der Waals surface area contributed by atoms with Crippen molar-refractivity contribution < 1.29 is 24.0 Å². The maximum atomic E-state index is 12.3. The van der Waals surface area contributed by atoms with Crippen LogP contribution in [0.25, 0.3) is 0 Å². The quantitative estimate of drug-likeness (QED) is 0.452. The van der Waals surface area contributed by atoms with Crippen LogP contribution in [0.1, 0.15) is 38.1 Å². The van der Waals surface area contributed by atoms with E-state index >= 15 is 0 Å². The summed E-state index contributed by atoms with van der Waals surface area (Å²) < 4.78 is 10.0. The molecule has 1 amide bonds. The lowest BCUT2D eigenvalue weighted by molar-refractivity contribution is -0.385. The molecule has 1 fully saturated rings. The van der Waals surface area contributed by atoms with Crippen molar-refractivity contribution in [1.82, 2.24) is 4.90 Å². The molecule has 1 unspecified atom stereocenters. The number of carbonyl (C=O) groups is 2. The van der Waals surface area contributed by atoms with E-state index < -0.39 is 16.5 Å². The Hall–Kier alpha value is -2.84. The zero-order valence-corrected chi connectivity index (χ0v) is 16.2. The molecule has 1 aliphatic rings. The highest BCUT2D eigenvalue weighted by molar-refractivity contribution is 5.94. The number of nitrogens with zero attached hydrogens (tertiary/aromatic N) is 3. The minimum absolute atomic E-state index is 0.0910. The summed E-state index contributed by atoms with van der Waals surface area (Å²) in [5.74, 6) is -0.753. The second kappa shape index (κ2) is 7.81. The molecule has 1 aromatic rings. The zero-order chi connectivity index (χ0) is 20.4. The zero-order valence-electron chi connectivity index (χ0n) is 16.2. The van der Waals surface area contributed by atoms with Gasteiger partial charge in [-0.15, -0.1) is 0 Å². The molecule has 0 aliphatic carbocycles. The molecule has 1 aliphatic heterocycles. The molecule has 0 N–H and O–H groups in total. The van der Waals surface area contributed by atoms with Gasteiger partial charge in [0.25, 0.3) is 5.69 Å². The lowest BCUT2D eigenvalue weighted by atomic mass is 10.1. The highest BCUT2D eigenvalue weighted by Gasteiger charge is 2.32. The Balaban J connectivity index is 2.17. The van der Waals surface area contributed by atoms with E-state index in [0.717, 1.165) is 0 Å². The Morgan fingerprint density at radius 3 is 2.44 bits per heavy atom. The van der Waals surface area contributed by atoms with Crippen molar-refractivity contribution in [3.05, 3.63) is 33.9 Å². The standard InChI is InChI=1S/C18H25N3O6/c1-12-11-19(8-9-20(12)17(23)27-18(2,3)4)13-6-7-14(16(22)26-5)15(10-13)21(24)25/h6-7,10,12H,8-9,11H2,1-5H3. The molecule has 148 valence electrons. The van der Waals surface area contributed by atoms with Gasteiger partial charge in [0.1, 0.15) is 11.2 Å². The number of nitro groups is 1. The van der Waals surface area contributed by atoms with Gasteiger partial charge < -0.3 is 19.3 Å². The third kappa shape index (κ3) is 4.87. The van der Waals surface area contributed by atoms with Crippen LogP contribution in [0.3, 0.4) is 0 Å². The van der Waals surface area contributed by atoms with Crippen molar-refractivity contribution in [2.75, 3.05) is 31.6 Å². The number of hydrogen-bond acceptors (Lipinski definition) is 7. The molecule has 27 heavy (non-hydrogen) atoms. The minimum atomic E-state index is -0.753. The van der Waals surface area contributed by atoms with E-state index in [2.05, 4.69) is 4.74 Å². The van der Waals surface area contributed by atoms with Crippen LogP contribution < -0.4 is 4.90 Å². The van der Waals surface area contributed by atoms with Crippen LogP contribution in [0.4, 0.5) is 16.2 Å². The predicted molar refractivity (Wildman–Crippen MR) is 99.1 cm³/mol. The van der Waals surface area contributed by atoms with E-state index in [1.807, 2.05) is 32.6 Å². The van der Waals surface area contributed by atoms with Crippen LogP contribution in [-0.2, 0) is 9.47 Å². The van der Waals surface area contributed by atoms with E-state index in [0.29, 0.717) is 25.3 Å². The van der Waals surface area contributed by atoms with Crippen LogP contribution in [0.2, 0.25) is 0 Å². The summed E-state index contributed by atoms with van der Waals surface area (Å²) in [5, 5.41) is 11.3. The molecule has 1 heterocycles. The Labute approximate surface area is 158 Å². The number of amides is 1. The first-order chi connectivity index (χ1) is 12.5. The summed E-state index contributed by atoms with van der Waals surface area (Å²) in [6, 6.07) is 4.27. The van der Waals surface area contributed by atoms with Gasteiger partial charge in [-0.1, -0.05) is 0 Å². The smallest absolute Gasteiger partial charge is 0.410 e. The van der Waals surface area contributed by atoms with Crippen molar-refractivity contribution in [3.8, 4) is 0 Å². The lowest BCUT2D eigenvalue weighted by Gasteiger charge is -2.41. The SMILES string of the molecule is COC(=O)c1ccc(N2CCN(C(=O)OC(C)(C)C)C(C)C2)cc1[N+](=O)[O-]. The third-order valence-corrected chi connectivity index (χ3v) is 4.20. The van der Waals surface area contributed by atoms with E-state index in [9.17, 15) is 19.7 Å². The Kier molecular flexibility index (Phi) is 5.92. The first kappa shape index (κ1) is 20.5. The monoisotopic (exact) mass is 379 g/mol. The Morgan fingerprint density at radius 2 is 1.93 bits per heavy atom. The van der Waals surface area contributed by atoms with Gasteiger partial charge in [0.05, 0.1) is 12.0 Å². The van der Waals surface area contributed by atoms with E-state index in [4.69, 9.17) is 4.74 Å². The fourth-order valence-corrected chi connectivity index (χ4v) is 2.93. The van der Waals surface area contributed by atoms with Crippen molar-refractivity contribution in [3.63, 3.8) is 0 Å². The maximum absolute atomic E-state index is 12.3. The van der Waals surface area contributed by atoms with Crippen molar-refractivity contribution in [2.24, 2.45) is 0 Å². The van der Waals surface area contributed by atoms with Crippen LogP contribution in [0.5, 0.6) is 0 Å². The van der Waals surface area contributed by atoms with Crippen LogP contribution >= 0.6 is 0 Å². The molecule has 0 radical (unpaired) electrons. The molecule has 0 saturated carbocycles. The molecule has 1 saturated heterocycles. The second-order valence-electron chi connectivity index (χ2n) is 7.42. The van der Waals surface area contributed by atoms with Gasteiger partial charge >= 0.3 is 12.1 Å². The van der Waals surface area contributed by atoms with Crippen LogP contribution in [0.15, 0.2) is 18.2 Å². The molecular weight excluding hydrogens is 354 g/mol. The van der Waals surface area contributed by atoms with Gasteiger partial charge in [-0.05, 0) is 39.8 Å². The molecule has 0 bridgehead atoms. The summed E-state index contributed by atoms with van der Waals surface area (Å²) in [7, 11) is 1.18. The van der Waals surface area contributed by atoms with Crippen molar-refractivity contribution >= 4 is 23.4 Å². The van der Waals surface area contributed by atoms with E-state index in [1.165, 1.54) is 19.2 Å². The normalized spacial score (nSPS) is 17.4. The maximum Gasteiger partial charge on any atom is 0.410 e. The number of benzene rings is 1. The molecule has 0 aromatic heterocycles. The van der Waals surface area contributed by atoms with Crippen molar-refractivity contribution in [2.45, 2.75) is 39.3 Å². The number of esters is 1. The number of ether oxygens (including phenoxy) is 2. The number of methoxy groups -OCH3 is 1. The summed E-state index contributed by atoms with van der Waals surface area (Å²) in [6.45, 7) is 8.76. The largest absolute Gasteiger partial charge is 0.465 e. The second-order valence-corrected chi connectivity index (χ2v) is 7.42. The minimum Gasteiger partial charge on any atom is -0.465 e. The number of anilines is 1. The Morgan fingerprint density at radius 1 is 1.26 bits per heavy atom. The fraction of sp³-hybridized carbons (Fsp3) is 0.556. The molecule has 0 spiro atoms. The van der Waals surface area contributed by atoms with Gasteiger partial charge in [-0.3, -0.25) is 10.1 Å². The highest BCUT2D eigenvalue weighted by Crippen LogP contribution is 2.28. The van der Waals surface area contributed by atoms with Gasteiger partial charge in [-0.25, -0.2) is 9.59 Å². The number of piperazine rings is 1. The molecule has 1 atom stereocenters. The van der Waals surface area contributed by atoms with Crippen molar-refractivity contribution in [1.29, 1.82) is 0 Å². The first-order valence-electron chi connectivity index (χ1n) is 8.65. The van der Waals surface area contributed by atoms with Crippen LogP contribution in [0, 0.1) is 10.1 Å². The topological polar surface area (TPSA) is 102 Å².